The Hall–Kier alpha value is -1.04. The molecule has 0 amide bonds. The van der Waals surface area contributed by atoms with E-state index in [4.69, 9.17) is 48.4 Å². The number of aromatic nitrogens is 1. The maximum atomic E-state index is 8.74. The molecule has 0 spiro atoms. The predicted molar refractivity (Wildman–Crippen MR) is 82.8 cm³/mol. The predicted octanol–water partition coefficient (Wildman–Crippen LogP) is 0.457. The van der Waals surface area contributed by atoms with Crippen LogP contribution in [0.2, 0.25) is 0 Å². The largest absolute Gasteiger partial charge is 0.750 e. The number of hydrogen-bond acceptors (Lipinski definition) is 7. The van der Waals surface area contributed by atoms with E-state index >= 15 is 0 Å². The molecule has 0 aromatic carbocycles. The van der Waals surface area contributed by atoms with E-state index in [9.17, 15) is 0 Å². The summed E-state index contributed by atoms with van der Waals surface area (Å²) < 4.78 is 87.3. The van der Waals surface area contributed by atoms with Crippen molar-refractivity contribution in [3.8, 4) is 0 Å². The van der Waals surface area contributed by atoms with Gasteiger partial charge in [-0.05, 0) is 25.0 Å². The minimum absolute atomic E-state index is 1.12. The third kappa shape index (κ3) is 69.5. The molecule has 1 atom stereocenters. The summed E-state index contributed by atoms with van der Waals surface area (Å²) in [6, 6.07) is 6.07. The Kier molecular flexibility index (Phi) is 17.9. The summed E-state index contributed by atoms with van der Waals surface area (Å²) in [5.41, 5.74) is 1.21. The van der Waals surface area contributed by atoms with Crippen molar-refractivity contribution in [1.82, 2.24) is 4.98 Å². The quantitative estimate of drug-likeness (QED) is 0.337. The number of rotatable bonds is 3. The van der Waals surface area contributed by atoms with E-state index in [2.05, 4.69) is 18.0 Å². The van der Waals surface area contributed by atoms with Crippen LogP contribution in [0.25, 0.3) is 0 Å². The average Bonchev–Trinajstić information content (AvgIpc) is 2.33. The van der Waals surface area contributed by atoms with E-state index in [0.717, 1.165) is 6.42 Å². The Morgan fingerprint density at radius 1 is 1.08 bits per heavy atom. The van der Waals surface area contributed by atoms with Crippen LogP contribution in [0.4, 0.5) is 0 Å². The van der Waals surface area contributed by atoms with Gasteiger partial charge in [0.15, 0.2) is 0 Å². The molecule has 0 aliphatic heterocycles. The molecule has 0 aliphatic rings. The molecule has 1 unspecified atom stereocenters. The molecule has 12 nitrogen and oxygen atoms in total. The van der Waals surface area contributed by atoms with Gasteiger partial charge in [-0.1, -0.05) is 19.4 Å². The molecular formula is C9H18NO11S3-. The Morgan fingerprint density at radius 2 is 1.46 bits per heavy atom. The van der Waals surface area contributed by atoms with Crippen molar-refractivity contribution in [3.05, 3.63) is 30.1 Å². The van der Waals surface area contributed by atoms with Gasteiger partial charge < -0.3 is 9.11 Å². The standard InChI is InChI=1S/C9H13N.2H2O4S.H2O3S/c1-2-3-6-9-7-4-5-8-10-9;2*1-5(2,3)4;1-4(2)3/h4-5,7-8H,2-3,6H2,1H3;2*(H2,1,2,3,4);(H2,1,2,3)/p-1. The molecule has 5 N–H and O–H groups in total. The highest BCUT2D eigenvalue weighted by Crippen LogP contribution is 1.99. The van der Waals surface area contributed by atoms with E-state index in [1.54, 1.807) is 0 Å². The molecule has 144 valence electrons. The van der Waals surface area contributed by atoms with Gasteiger partial charge in [0.25, 0.3) is 0 Å². The molecule has 24 heavy (non-hydrogen) atoms. The van der Waals surface area contributed by atoms with Crippen LogP contribution in [0.15, 0.2) is 24.4 Å². The SMILES string of the molecule is CCCCc1ccccn1.O=S(=O)(O)O.O=S(=O)(O)O.O=S([O-])O. The molecule has 15 heteroatoms. The van der Waals surface area contributed by atoms with E-state index in [0.29, 0.717) is 0 Å². The van der Waals surface area contributed by atoms with Crippen molar-refractivity contribution in [2.45, 2.75) is 26.2 Å². The van der Waals surface area contributed by atoms with E-state index in [1.165, 1.54) is 18.5 Å². The molecule has 1 aromatic heterocycles. The van der Waals surface area contributed by atoms with E-state index in [1.807, 2.05) is 18.3 Å². The van der Waals surface area contributed by atoms with Gasteiger partial charge >= 0.3 is 20.8 Å². The summed E-state index contributed by atoms with van der Waals surface area (Å²) in [4.78, 5) is 4.22. The zero-order valence-corrected chi connectivity index (χ0v) is 14.7. The average molecular weight is 412 g/mol. The summed E-state index contributed by atoms with van der Waals surface area (Å²) in [7, 11) is -9.33. The Balaban J connectivity index is -0.000000270. The maximum Gasteiger partial charge on any atom is 0.394 e. The molecule has 0 saturated heterocycles. The second kappa shape index (κ2) is 15.5. The summed E-state index contributed by atoms with van der Waals surface area (Å²) in [5.74, 6) is 0. The van der Waals surface area contributed by atoms with Crippen LogP contribution in [-0.4, -0.2) is 53.3 Å². The number of nitrogens with zero attached hydrogens (tertiary/aromatic N) is 1. The molecule has 1 rings (SSSR count). The summed E-state index contributed by atoms with van der Waals surface area (Å²) in [5, 5.41) is 0. The highest BCUT2D eigenvalue weighted by molar-refractivity contribution is 7.80. The molecule has 0 fully saturated rings. The first-order valence-corrected chi connectivity index (χ1v) is 9.57. The van der Waals surface area contributed by atoms with Crippen LogP contribution in [0.3, 0.4) is 0 Å². The third-order valence-electron chi connectivity index (χ3n) is 1.51. The monoisotopic (exact) mass is 412 g/mol. The molecule has 0 bridgehead atoms. The van der Waals surface area contributed by atoms with Gasteiger partial charge in [-0.2, -0.15) is 16.8 Å². The van der Waals surface area contributed by atoms with Crippen LogP contribution in [0, 0.1) is 0 Å². The Labute approximate surface area is 142 Å². The Morgan fingerprint density at radius 3 is 1.71 bits per heavy atom. The lowest BCUT2D eigenvalue weighted by Crippen LogP contribution is -1.89. The van der Waals surface area contributed by atoms with Gasteiger partial charge in [-0.15, -0.1) is 0 Å². The second-order valence-electron chi connectivity index (χ2n) is 3.54. The lowest BCUT2D eigenvalue weighted by atomic mass is 10.2. The second-order valence-corrected chi connectivity index (χ2v) is 5.76. The summed E-state index contributed by atoms with van der Waals surface area (Å²) >= 11 is -2.86. The fourth-order valence-electron chi connectivity index (χ4n) is 0.904. The lowest BCUT2D eigenvalue weighted by molar-refractivity contribution is 0.378. The van der Waals surface area contributed by atoms with E-state index < -0.39 is 32.2 Å². The van der Waals surface area contributed by atoms with Crippen LogP contribution >= 0.6 is 0 Å². The lowest BCUT2D eigenvalue weighted by Gasteiger charge is -1.95. The normalized spacial score (nSPS) is 11.5. The maximum absolute atomic E-state index is 8.74. The van der Waals surface area contributed by atoms with Crippen molar-refractivity contribution in [2.24, 2.45) is 0 Å². The Bertz CT molecular complexity index is 580. The van der Waals surface area contributed by atoms with Crippen LogP contribution < -0.4 is 0 Å². The number of unbranched alkanes of at least 4 members (excludes halogenated alkanes) is 1. The summed E-state index contributed by atoms with van der Waals surface area (Å²) in [6.45, 7) is 2.20. The number of pyridine rings is 1. The smallest absolute Gasteiger partial charge is 0.394 e. The fourth-order valence-corrected chi connectivity index (χ4v) is 0.904. The van der Waals surface area contributed by atoms with Crippen molar-refractivity contribution >= 4 is 32.2 Å². The van der Waals surface area contributed by atoms with Crippen LogP contribution in [0.5, 0.6) is 0 Å². The topological polar surface area (TPSA) is 222 Å². The van der Waals surface area contributed by atoms with Gasteiger partial charge in [-0.25, -0.2) is 4.21 Å². The van der Waals surface area contributed by atoms with Gasteiger partial charge in [-0.3, -0.25) is 23.2 Å². The first-order chi connectivity index (χ1) is 10.7. The first-order valence-electron chi connectivity index (χ1n) is 5.74. The molecule has 1 aromatic rings. The third-order valence-corrected chi connectivity index (χ3v) is 1.51. The molecule has 0 radical (unpaired) electrons. The molecule has 1 heterocycles. The minimum atomic E-state index is -4.67. The van der Waals surface area contributed by atoms with Crippen LogP contribution in [0.1, 0.15) is 25.5 Å². The van der Waals surface area contributed by atoms with Gasteiger partial charge in [0.05, 0.1) is 11.4 Å². The minimum Gasteiger partial charge on any atom is -0.750 e. The fraction of sp³-hybridized carbons (Fsp3) is 0.444. The van der Waals surface area contributed by atoms with Crippen molar-refractivity contribution in [1.29, 1.82) is 0 Å². The molecule has 0 saturated carbocycles. The zero-order chi connectivity index (χ0) is 19.8. The van der Waals surface area contributed by atoms with Gasteiger partial charge in [0.2, 0.25) is 0 Å². The number of hydrogen-bond donors (Lipinski definition) is 5. The van der Waals surface area contributed by atoms with Crippen LogP contribution in [-0.2, 0) is 38.6 Å². The highest BCUT2D eigenvalue weighted by Gasteiger charge is 1.89. The van der Waals surface area contributed by atoms with Gasteiger partial charge in [0.1, 0.15) is 0 Å². The van der Waals surface area contributed by atoms with Crippen molar-refractivity contribution in [3.63, 3.8) is 0 Å². The number of aryl methyl sites for hydroxylation is 1. The van der Waals surface area contributed by atoms with Crippen molar-refractivity contribution < 1.29 is 48.4 Å². The van der Waals surface area contributed by atoms with Crippen molar-refractivity contribution in [2.75, 3.05) is 0 Å². The molecule has 0 aliphatic carbocycles. The highest BCUT2D eigenvalue weighted by atomic mass is 32.3. The summed E-state index contributed by atoms with van der Waals surface area (Å²) in [6.07, 6.45) is 5.47. The first kappa shape index (κ1) is 27.8. The molecular weight excluding hydrogens is 394 g/mol. The van der Waals surface area contributed by atoms with Gasteiger partial charge in [0, 0.05) is 11.9 Å². The zero-order valence-electron chi connectivity index (χ0n) is 12.3. The van der Waals surface area contributed by atoms with E-state index in [-0.39, 0.29) is 0 Å².